The maximum absolute atomic E-state index is 5.21. The molecule has 0 saturated carbocycles. The van der Waals surface area contributed by atoms with Crippen LogP contribution in [0.1, 0.15) is 32.0 Å². The van der Waals surface area contributed by atoms with Crippen molar-refractivity contribution in [2.45, 2.75) is 39.3 Å². The zero-order valence-electron chi connectivity index (χ0n) is 16.3. The molecule has 3 heterocycles. The Morgan fingerprint density at radius 1 is 1.00 bits per heavy atom. The Morgan fingerprint density at radius 3 is 2.41 bits per heavy atom. The average molecular weight is 363 g/mol. The first-order chi connectivity index (χ1) is 13.0. The molecule has 27 heavy (non-hydrogen) atoms. The van der Waals surface area contributed by atoms with E-state index in [4.69, 9.17) is 4.74 Å². The van der Waals surface area contributed by atoms with Crippen LogP contribution in [0.2, 0.25) is 0 Å². The van der Waals surface area contributed by atoms with Gasteiger partial charge in [-0.15, -0.1) is 10.2 Å². The Morgan fingerprint density at radius 2 is 1.78 bits per heavy atom. The van der Waals surface area contributed by atoms with Gasteiger partial charge in [-0.2, -0.15) is 5.10 Å². The van der Waals surface area contributed by atoms with E-state index >= 15 is 0 Å². The summed E-state index contributed by atoms with van der Waals surface area (Å²) in [4.78, 5) is 2.27. The molecule has 6 heteroatoms. The van der Waals surface area contributed by atoms with Gasteiger partial charge in [0.1, 0.15) is 5.75 Å². The number of aromatic nitrogens is 4. The molecule has 0 saturated heterocycles. The first kappa shape index (κ1) is 17.5. The van der Waals surface area contributed by atoms with Gasteiger partial charge in [-0.25, -0.2) is 0 Å². The predicted octanol–water partition coefficient (Wildman–Crippen LogP) is 3.67. The molecule has 0 atom stereocenters. The quantitative estimate of drug-likeness (QED) is 0.711. The average Bonchev–Trinajstić information content (AvgIpc) is 3.12. The minimum Gasteiger partial charge on any atom is -0.497 e. The van der Waals surface area contributed by atoms with E-state index in [2.05, 4.69) is 45.6 Å². The van der Waals surface area contributed by atoms with Crippen molar-refractivity contribution >= 4 is 5.82 Å². The molecule has 0 fully saturated rings. The lowest BCUT2D eigenvalue weighted by atomic mass is 10.0. The van der Waals surface area contributed by atoms with Crippen LogP contribution >= 0.6 is 0 Å². The molecule has 0 aliphatic carbocycles. The summed E-state index contributed by atoms with van der Waals surface area (Å²) in [5, 5.41) is 13.5. The van der Waals surface area contributed by atoms with Crippen molar-refractivity contribution in [1.82, 2.24) is 20.0 Å². The third kappa shape index (κ3) is 3.39. The van der Waals surface area contributed by atoms with Crippen LogP contribution in [-0.2, 0) is 18.5 Å². The lowest BCUT2D eigenvalue weighted by Crippen LogP contribution is -2.34. The van der Waals surface area contributed by atoms with E-state index < -0.39 is 0 Å². The van der Waals surface area contributed by atoms with Crippen LogP contribution in [0.3, 0.4) is 0 Å². The molecule has 4 rings (SSSR count). The Labute approximate surface area is 159 Å². The Hall–Kier alpha value is -2.89. The number of anilines is 1. The summed E-state index contributed by atoms with van der Waals surface area (Å²) < 4.78 is 7.36. The highest BCUT2D eigenvalue weighted by atomic mass is 16.5. The fourth-order valence-electron chi connectivity index (χ4n) is 3.51. The maximum Gasteiger partial charge on any atom is 0.151 e. The van der Waals surface area contributed by atoms with E-state index in [-0.39, 0.29) is 5.54 Å². The second kappa shape index (κ2) is 6.68. The molecule has 0 spiro atoms. The van der Waals surface area contributed by atoms with Crippen LogP contribution in [0.25, 0.3) is 11.3 Å². The summed E-state index contributed by atoms with van der Waals surface area (Å²) in [5.41, 5.74) is 4.51. The minimum absolute atomic E-state index is 0.00950. The molecule has 1 aliphatic heterocycles. The third-order valence-electron chi connectivity index (χ3n) is 4.93. The van der Waals surface area contributed by atoms with Crippen LogP contribution in [0, 0.1) is 0 Å². The van der Waals surface area contributed by atoms with E-state index in [1.165, 1.54) is 11.3 Å². The SMILES string of the molecule is COc1ccc(-c2ccc(N3CCc4c(cnn4C(C)(C)C)C3)nn2)cc1. The van der Waals surface area contributed by atoms with E-state index in [1.807, 2.05) is 42.6 Å². The highest BCUT2D eigenvalue weighted by Gasteiger charge is 2.26. The molecule has 0 N–H and O–H groups in total. The summed E-state index contributed by atoms with van der Waals surface area (Å²) in [6.07, 6.45) is 2.96. The molecule has 0 radical (unpaired) electrons. The zero-order valence-corrected chi connectivity index (χ0v) is 16.3. The highest BCUT2D eigenvalue weighted by molar-refractivity contribution is 5.60. The summed E-state index contributed by atoms with van der Waals surface area (Å²) >= 11 is 0. The molecular formula is C21H25N5O. The van der Waals surface area contributed by atoms with Gasteiger partial charge in [-0.05, 0) is 57.2 Å². The van der Waals surface area contributed by atoms with Crippen molar-refractivity contribution in [2.24, 2.45) is 0 Å². The molecule has 2 aromatic heterocycles. The molecule has 0 unspecified atom stereocenters. The van der Waals surface area contributed by atoms with Crippen molar-refractivity contribution in [3.05, 3.63) is 53.9 Å². The first-order valence-corrected chi connectivity index (χ1v) is 9.25. The van der Waals surface area contributed by atoms with Crippen molar-refractivity contribution in [3.63, 3.8) is 0 Å². The van der Waals surface area contributed by atoms with Gasteiger partial charge in [0.25, 0.3) is 0 Å². The van der Waals surface area contributed by atoms with Gasteiger partial charge < -0.3 is 9.64 Å². The predicted molar refractivity (Wildman–Crippen MR) is 106 cm³/mol. The standard InChI is InChI=1S/C21H25N5O/c1-21(2,3)26-19-11-12-25(14-16(19)13-22-26)20-10-9-18(23-24-20)15-5-7-17(27-4)8-6-15/h5-10,13H,11-12,14H2,1-4H3. The van der Waals surface area contributed by atoms with Gasteiger partial charge in [-0.1, -0.05) is 0 Å². The van der Waals surface area contributed by atoms with Gasteiger partial charge in [-0.3, -0.25) is 4.68 Å². The number of rotatable bonds is 3. The van der Waals surface area contributed by atoms with Crippen molar-refractivity contribution in [1.29, 1.82) is 0 Å². The maximum atomic E-state index is 5.21. The number of nitrogens with zero attached hydrogens (tertiary/aromatic N) is 5. The van der Waals surface area contributed by atoms with Gasteiger partial charge in [0.15, 0.2) is 5.82 Å². The molecule has 0 bridgehead atoms. The Bertz CT molecular complexity index is 923. The second-order valence-corrected chi connectivity index (χ2v) is 7.88. The number of ether oxygens (including phenoxy) is 1. The lowest BCUT2D eigenvalue weighted by Gasteiger charge is -2.30. The van der Waals surface area contributed by atoms with Crippen LogP contribution in [0.4, 0.5) is 5.82 Å². The van der Waals surface area contributed by atoms with Gasteiger partial charge in [0.2, 0.25) is 0 Å². The molecule has 0 amide bonds. The normalized spacial score (nSPS) is 14.1. The number of benzene rings is 1. The third-order valence-corrected chi connectivity index (χ3v) is 4.93. The van der Waals surface area contributed by atoms with Crippen molar-refractivity contribution in [2.75, 3.05) is 18.6 Å². The number of methoxy groups -OCH3 is 1. The zero-order chi connectivity index (χ0) is 19.0. The summed E-state index contributed by atoms with van der Waals surface area (Å²) in [6.45, 7) is 8.31. The van der Waals surface area contributed by atoms with Crippen LogP contribution in [-0.4, -0.2) is 33.6 Å². The van der Waals surface area contributed by atoms with E-state index in [1.54, 1.807) is 7.11 Å². The fraction of sp³-hybridized carbons (Fsp3) is 0.381. The topological polar surface area (TPSA) is 56.1 Å². The Kier molecular flexibility index (Phi) is 4.34. The van der Waals surface area contributed by atoms with Gasteiger partial charge >= 0.3 is 0 Å². The van der Waals surface area contributed by atoms with Crippen molar-refractivity contribution < 1.29 is 4.74 Å². The molecule has 1 aliphatic rings. The molecule has 6 nitrogen and oxygen atoms in total. The number of hydrogen-bond acceptors (Lipinski definition) is 5. The second-order valence-electron chi connectivity index (χ2n) is 7.88. The van der Waals surface area contributed by atoms with Crippen LogP contribution in [0.15, 0.2) is 42.6 Å². The number of hydrogen-bond donors (Lipinski definition) is 0. The summed E-state index contributed by atoms with van der Waals surface area (Å²) in [6, 6.07) is 11.9. The first-order valence-electron chi connectivity index (χ1n) is 9.25. The number of fused-ring (bicyclic) bond motifs is 1. The molecule has 3 aromatic rings. The fourth-order valence-corrected chi connectivity index (χ4v) is 3.51. The molecule has 1 aromatic carbocycles. The lowest BCUT2D eigenvalue weighted by molar-refractivity contribution is 0.341. The largest absolute Gasteiger partial charge is 0.497 e. The monoisotopic (exact) mass is 363 g/mol. The van der Waals surface area contributed by atoms with Crippen LogP contribution in [0.5, 0.6) is 5.75 Å². The van der Waals surface area contributed by atoms with E-state index in [0.717, 1.165) is 42.3 Å². The summed E-state index contributed by atoms with van der Waals surface area (Å²) in [7, 11) is 1.67. The Balaban J connectivity index is 1.52. The van der Waals surface area contributed by atoms with E-state index in [0.29, 0.717) is 0 Å². The minimum atomic E-state index is 0.00950. The van der Waals surface area contributed by atoms with Crippen LogP contribution < -0.4 is 9.64 Å². The van der Waals surface area contributed by atoms with Gasteiger partial charge in [0, 0.05) is 36.3 Å². The van der Waals surface area contributed by atoms with E-state index in [9.17, 15) is 0 Å². The van der Waals surface area contributed by atoms with Crippen molar-refractivity contribution in [3.8, 4) is 17.0 Å². The smallest absolute Gasteiger partial charge is 0.151 e. The molecular weight excluding hydrogens is 338 g/mol. The highest BCUT2D eigenvalue weighted by Crippen LogP contribution is 2.27. The molecule has 140 valence electrons. The summed E-state index contributed by atoms with van der Waals surface area (Å²) in [5.74, 6) is 1.74. The van der Waals surface area contributed by atoms with Gasteiger partial charge in [0.05, 0.1) is 24.5 Å².